The van der Waals surface area contributed by atoms with Crippen molar-refractivity contribution in [2.24, 2.45) is 0 Å². The molecule has 0 radical (unpaired) electrons. The molecule has 122 valence electrons. The Bertz CT molecular complexity index is 788. The Kier molecular flexibility index (Phi) is 4.67. The van der Waals surface area contributed by atoms with Gasteiger partial charge in [0.25, 0.3) is 5.91 Å². The van der Waals surface area contributed by atoms with Gasteiger partial charge in [-0.05, 0) is 18.2 Å². The third kappa shape index (κ3) is 2.93. The number of anilines is 1. The zero-order valence-electron chi connectivity index (χ0n) is 12.9. The second-order valence-corrected chi connectivity index (χ2v) is 5.65. The van der Waals surface area contributed by atoms with E-state index in [1.165, 1.54) is 0 Å². The van der Waals surface area contributed by atoms with Crippen molar-refractivity contribution in [3.63, 3.8) is 0 Å². The molecule has 0 saturated carbocycles. The molecule has 0 aliphatic carbocycles. The predicted molar refractivity (Wildman–Crippen MR) is 93.9 cm³/mol. The Morgan fingerprint density at radius 3 is 2.67 bits per heavy atom. The first-order chi connectivity index (χ1) is 11.7. The predicted octanol–water partition coefficient (Wildman–Crippen LogP) is 3.76. The zero-order chi connectivity index (χ0) is 17.1. The van der Waals surface area contributed by atoms with Gasteiger partial charge in [0, 0.05) is 17.7 Å². The van der Waals surface area contributed by atoms with Crippen molar-refractivity contribution in [3.05, 3.63) is 72.3 Å². The van der Waals surface area contributed by atoms with Gasteiger partial charge >= 0.3 is 0 Å². The van der Waals surface area contributed by atoms with Crippen LogP contribution in [0.2, 0.25) is 0 Å². The summed E-state index contributed by atoms with van der Waals surface area (Å²) in [5.74, 6) is 0.0537. The van der Waals surface area contributed by atoms with Crippen LogP contribution in [0.25, 0.3) is 0 Å². The number of ether oxygens (including phenoxy) is 1. The number of ketones is 1. The van der Waals surface area contributed by atoms with Crippen LogP contribution >= 0.6 is 11.6 Å². The molecule has 1 aliphatic heterocycles. The summed E-state index contributed by atoms with van der Waals surface area (Å²) in [5, 5.41) is 0. The fourth-order valence-electron chi connectivity index (χ4n) is 2.67. The van der Waals surface area contributed by atoms with E-state index in [0.717, 1.165) is 5.56 Å². The Morgan fingerprint density at radius 1 is 1.25 bits per heavy atom. The number of hydrogen-bond donors (Lipinski definition) is 0. The lowest BCUT2D eigenvalue weighted by Crippen LogP contribution is -2.41. The minimum absolute atomic E-state index is 0.109. The first-order valence-electron chi connectivity index (χ1n) is 7.52. The molecule has 0 saturated heterocycles. The maximum absolute atomic E-state index is 12.9. The number of alkyl halides is 1. The molecule has 3 rings (SSSR count). The summed E-state index contributed by atoms with van der Waals surface area (Å²) in [4.78, 5) is 26.3. The van der Waals surface area contributed by atoms with E-state index in [0.29, 0.717) is 23.5 Å². The van der Waals surface area contributed by atoms with Crippen LogP contribution in [-0.2, 0) is 4.79 Å². The van der Waals surface area contributed by atoms with Crippen molar-refractivity contribution in [3.8, 4) is 5.75 Å². The minimum atomic E-state index is -0.715. The highest BCUT2D eigenvalue weighted by Crippen LogP contribution is 2.39. The number of nitrogens with zero attached hydrogens (tertiary/aromatic N) is 1. The summed E-state index contributed by atoms with van der Waals surface area (Å²) in [6.45, 7) is 4.04. The van der Waals surface area contributed by atoms with E-state index in [4.69, 9.17) is 16.3 Å². The average Bonchev–Trinajstić information content (AvgIpc) is 2.63. The molecular formula is C19H16ClNO3. The normalized spacial score (nSPS) is 16.3. The number of benzene rings is 2. The van der Waals surface area contributed by atoms with Crippen LogP contribution in [0.1, 0.15) is 22.0 Å². The molecule has 2 aromatic carbocycles. The maximum Gasteiger partial charge on any atom is 0.273 e. The quantitative estimate of drug-likeness (QED) is 0.472. The Labute approximate surface area is 145 Å². The van der Waals surface area contributed by atoms with Crippen molar-refractivity contribution in [1.29, 1.82) is 0 Å². The smallest absolute Gasteiger partial charge is 0.273 e. The fraction of sp³-hybridized carbons (Fsp3) is 0.158. The molecule has 1 amide bonds. The van der Waals surface area contributed by atoms with E-state index in [9.17, 15) is 9.59 Å². The van der Waals surface area contributed by atoms with E-state index in [-0.39, 0.29) is 17.6 Å². The summed E-state index contributed by atoms with van der Waals surface area (Å²) in [6.07, 6.45) is 0.929. The van der Waals surface area contributed by atoms with Crippen molar-refractivity contribution in [2.75, 3.05) is 17.3 Å². The third-order valence-electron chi connectivity index (χ3n) is 3.84. The van der Waals surface area contributed by atoms with Gasteiger partial charge in [0.2, 0.25) is 6.10 Å². The van der Waals surface area contributed by atoms with Crippen LogP contribution in [-0.4, -0.2) is 24.1 Å². The van der Waals surface area contributed by atoms with E-state index in [1.54, 1.807) is 29.2 Å². The van der Waals surface area contributed by atoms with Gasteiger partial charge in [-0.2, -0.15) is 0 Å². The van der Waals surface area contributed by atoms with Gasteiger partial charge < -0.3 is 9.64 Å². The number of halogens is 1. The summed E-state index contributed by atoms with van der Waals surface area (Å²) >= 11 is 5.62. The van der Waals surface area contributed by atoms with E-state index < -0.39 is 6.10 Å². The lowest BCUT2D eigenvalue weighted by molar-refractivity contribution is -0.126. The monoisotopic (exact) mass is 341 g/mol. The van der Waals surface area contributed by atoms with Crippen LogP contribution in [0.15, 0.2) is 61.2 Å². The van der Waals surface area contributed by atoms with E-state index in [2.05, 4.69) is 6.58 Å². The SMILES string of the molecule is C=CCN1C(=O)C(c2ccccc2)Oc2ccc(C(=O)CCl)cc21. The second-order valence-electron chi connectivity index (χ2n) is 5.39. The van der Waals surface area contributed by atoms with E-state index >= 15 is 0 Å². The summed E-state index contributed by atoms with van der Waals surface area (Å²) in [7, 11) is 0. The minimum Gasteiger partial charge on any atom is -0.474 e. The van der Waals surface area contributed by atoms with Gasteiger partial charge in [-0.25, -0.2) is 0 Å². The van der Waals surface area contributed by atoms with E-state index in [1.807, 2.05) is 30.3 Å². The number of Topliss-reactive ketones (excluding diaryl/α,β-unsaturated/α-hetero) is 1. The van der Waals surface area contributed by atoms with Gasteiger partial charge in [0.1, 0.15) is 5.75 Å². The first kappa shape index (κ1) is 16.3. The third-order valence-corrected chi connectivity index (χ3v) is 4.08. The Balaban J connectivity index is 2.05. The van der Waals surface area contributed by atoms with Crippen LogP contribution in [0.5, 0.6) is 5.75 Å². The lowest BCUT2D eigenvalue weighted by Gasteiger charge is -2.34. The topological polar surface area (TPSA) is 46.6 Å². The molecule has 1 unspecified atom stereocenters. The largest absolute Gasteiger partial charge is 0.474 e. The molecule has 2 aromatic rings. The molecule has 0 fully saturated rings. The number of amides is 1. The van der Waals surface area contributed by atoms with Crippen LogP contribution in [0.4, 0.5) is 5.69 Å². The molecule has 0 aromatic heterocycles. The van der Waals surface area contributed by atoms with Gasteiger partial charge in [0.15, 0.2) is 5.78 Å². The van der Waals surface area contributed by atoms with Gasteiger partial charge in [-0.3, -0.25) is 9.59 Å². The molecule has 0 bridgehead atoms. The molecule has 0 spiro atoms. The van der Waals surface area contributed by atoms with Crippen molar-refractivity contribution in [1.82, 2.24) is 0 Å². The standard InChI is InChI=1S/C19H16ClNO3/c1-2-10-21-15-11-14(16(22)12-20)8-9-17(15)24-18(19(21)23)13-6-4-3-5-7-13/h2-9,11,18H,1,10,12H2. The van der Waals surface area contributed by atoms with Gasteiger partial charge in [-0.15, -0.1) is 18.2 Å². The van der Waals surface area contributed by atoms with Crippen molar-refractivity contribution < 1.29 is 14.3 Å². The molecular weight excluding hydrogens is 326 g/mol. The molecule has 1 heterocycles. The molecule has 5 heteroatoms. The van der Waals surface area contributed by atoms with Crippen molar-refractivity contribution in [2.45, 2.75) is 6.10 Å². The average molecular weight is 342 g/mol. The first-order valence-corrected chi connectivity index (χ1v) is 8.06. The van der Waals surface area contributed by atoms with Crippen LogP contribution < -0.4 is 9.64 Å². The van der Waals surface area contributed by atoms with Crippen LogP contribution in [0, 0.1) is 0 Å². The van der Waals surface area contributed by atoms with Gasteiger partial charge in [0.05, 0.1) is 11.6 Å². The Morgan fingerprint density at radius 2 is 2.00 bits per heavy atom. The maximum atomic E-state index is 12.9. The second kappa shape index (κ2) is 6.89. The number of fused-ring (bicyclic) bond motifs is 1. The highest BCUT2D eigenvalue weighted by atomic mass is 35.5. The highest BCUT2D eigenvalue weighted by Gasteiger charge is 2.35. The number of carbonyl (C=O) groups is 2. The summed E-state index contributed by atoms with van der Waals surface area (Å²) in [5.41, 5.74) is 1.79. The molecule has 0 N–H and O–H groups in total. The van der Waals surface area contributed by atoms with Gasteiger partial charge in [-0.1, -0.05) is 36.4 Å². The number of rotatable bonds is 5. The van der Waals surface area contributed by atoms with Crippen molar-refractivity contribution >= 4 is 29.0 Å². The number of carbonyl (C=O) groups excluding carboxylic acids is 2. The lowest BCUT2D eigenvalue weighted by atomic mass is 10.0. The molecule has 24 heavy (non-hydrogen) atoms. The Hall–Kier alpha value is -2.59. The summed E-state index contributed by atoms with van der Waals surface area (Å²) in [6, 6.07) is 14.3. The van der Waals surface area contributed by atoms with Crippen LogP contribution in [0.3, 0.4) is 0 Å². The number of hydrogen-bond acceptors (Lipinski definition) is 3. The molecule has 1 aliphatic rings. The zero-order valence-corrected chi connectivity index (χ0v) is 13.7. The summed E-state index contributed by atoms with van der Waals surface area (Å²) < 4.78 is 5.91. The highest BCUT2D eigenvalue weighted by molar-refractivity contribution is 6.30. The molecule has 4 nitrogen and oxygen atoms in total. The fourth-order valence-corrected chi connectivity index (χ4v) is 2.83. The molecule has 1 atom stereocenters.